The molecule has 0 N–H and O–H groups in total. The molecule has 11 aromatic carbocycles. The molecule has 0 aromatic heterocycles. The zero-order chi connectivity index (χ0) is 54.3. The van der Waals surface area contributed by atoms with Crippen LogP contribution in [0, 0.1) is 6.92 Å². The molecular formula is C75H63BN2Si2. The summed E-state index contributed by atoms with van der Waals surface area (Å²) in [6, 6.07) is 99.0. The van der Waals surface area contributed by atoms with Gasteiger partial charge in [-0.1, -0.05) is 254 Å². The summed E-state index contributed by atoms with van der Waals surface area (Å²) in [5.74, 6) is 0. The van der Waals surface area contributed by atoms with Gasteiger partial charge in [-0.3, -0.25) is 0 Å². The SMILES string of the molecule is Cc1ccc2c3c1N(c1ccc4c(c1)[Si](c1ccccc1)(c1ccccc1)c1ccccc1-4)c1ccc(C(C)(C)C)cc1B3c1cc(C(C)(C)C)ccc1N2c1ccc2c(c1)[Si](c1ccccc1)(c1ccccc1)c1ccccc1-2. The molecule has 0 saturated heterocycles. The minimum atomic E-state index is -2.82. The van der Waals surface area contributed by atoms with E-state index < -0.39 is 16.1 Å². The lowest BCUT2D eigenvalue weighted by Crippen LogP contribution is -2.72. The highest BCUT2D eigenvalue weighted by molar-refractivity contribution is 7.23. The predicted octanol–water partition coefficient (Wildman–Crippen LogP) is 11.4. The first kappa shape index (κ1) is 48.6. The molecule has 0 radical (unpaired) electrons. The van der Waals surface area contributed by atoms with Crippen molar-refractivity contribution >= 4 is 115 Å². The van der Waals surface area contributed by atoms with E-state index in [1.807, 2.05) is 0 Å². The van der Waals surface area contributed by atoms with Gasteiger partial charge in [0, 0.05) is 34.1 Å². The van der Waals surface area contributed by atoms with Gasteiger partial charge in [0.1, 0.15) is 0 Å². The van der Waals surface area contributed by atoms with E-state index in [1.54, 1.807) is 0 Å². The van der Waals surface area contributed by atoms with E-state index in [4.69, 9.17) is 0 Å². The third-order valence-corrected chi connectivity index (χ3v) is 28.2. The van der Waals surface area contributed by atoms with Gasteiger partial charge in [0.15, 0.2) is 16.1 Å². The molecule has 0 saturated carbocycles. The first-order chi connectivity index (χ1) is 38.9. The topological polar surface area (TPSA) is 6.48 Å². The van der Waals surface area contributed by atoms with Crippen molar-refractivity contribution in [3.05, 3.63) is 271 Å². The molecule has 5 heteroatoms. The number of hydrogen-bond donors (Lipinski definition) is 0. The number of hydrogen-bond acceptors (Lipinski definition) is 2. The highest BCUT2D eigenvalue weighted by Gasteiger charge is 2.52. The molecular weight excluding hydrogens is 996 g/mol. The maximum absolute atomic E-state index is 2.82. The van der Waals surface area contributed by atoms with Crippen LogP contribution >= 0.6 is 0 Å². The van der Waals surface area contributed by atoms with Crippen molar-refractivity contribution in [3.8, 4) is 22.3 Å². The summed E-state index contributed by atoms with van der Waals surface area (Å²) in [4.78, 5) is 5.32. The maximum Gasteiger partial charge on any atom is 0.252 e. The lowest BCUT2D eigenvalue weighted by molar-refractivity contribution is 0.590. The predicted molar refractivity (Wildman–Crippen MR) is 348 cm³/mol. The molecule has 0 fully saturated rings. The lowest BCUT2D eigenvalue weighted by Gasteiger charge is -2.45. The molecule has 0 atom stereocenters. The first-order valence-corrected chi connectivity index (χ1v) is 32.6. The van der Waals surface area contributed by atoms with Gasteiger partial charge in [-0.2, -0.15) is 0 Å². The zero-order valence-electron chi connectivity index (χ0n) is 46.7. The van der Waals surface area contributed by atoms with Crippen LogP contribution in [0.15, 0.2) is 255 Å². The third kappa shape index (κ3) is 6.84. The van der Waals surface area contributed by atoms with E-state index in [-0.39, 0.29) is 17.5 Å². The van der Waals surface area contributed by atoms with Crippen LogP contribution in [0.2, 0.25) is 0 Å². The summed E-state index contributed by atoms with van der Waals surface area (Å²) < 4.78 is 0. The Labute approximate surface area is 474 Å². The Hall–Kier alpha value is -8.48. The molecule has 15 rings (SSSR count). The highest BCUT2D eigenvalue weighted by Crippen LogP contribution is 2.47. The first-order valence-electron chi connectivity index (χ1n) is 28.6. The maximum atomic E-state index is 2.67. The Balaban J connectivity index is 1.02. The molecule has 11 aromatic rings. The van der Waals surface area contributed by atoms with Crippen LogP contribution in [0.5, 0.6) is 0 Å². The van der Waals surface area contributed by atoms with E-state index in [0.717, 1.165) is 0 Å². The van der Waals surface area contributed by atoms with Crippen LogP contribution in [-0.2, 0) is 10.8 Å². The number of anilines is 6. The molecule has 0 unspecified atom stereocenters. The van der Waals surface area contributed by atoms with E-state index >= 15 is 0 Å². The van der Waals surface area contributed by atoms with Crippen molar-refractivity contribution in [1.29, 1.82) is 0 Å². The van der Waals surface area contributed by atoms with E-state index in [0.29, 0.717) is 0 Å². The second-order valence-electron chi connectivity index (χ2n) is 24.8. The number of fused-ring (bicyclic) bond motifs is 10. The molecule has 4 aliphatic rings. The van der Waals surface area contributed by atoms with Gasteiger partial charge in [0.2, 0.25) is 0 Å². The zero-order valence-corrected chi connectivity index (χ0v) is 48.7. The second-order valence-corrected chi connectivity index (χ2v) is 32.3. The minimum absolute atomic E-state index is 0.0245. The third-order valence-electron chi connectivity index (χ3n) is 18.4. The van der Waals surface area contributed by atoms with E-state index in [1.165, 1.54) is 131 Å². The van der Waals surface area contributed by atoms with Crippen LogP contribution in [0.1, 0.15) is 58.2 Å². The fraction of sp³-hybridized carbons (Fsp3) is 0.120. The summed E-state index contributed by atoms with van der Waals surface area (Å²) in [6.45, 7) is 16.5. The van der Waals surface area contributed by atoms with E-state index in [9.17, 15) is 0 Å². The van der Waals surface area contributed by atoms with Gasteiger partial charge in [-0.15, -0.1) is 0 Å². The van der Waals surface area contributed by atoms with Crippen LogP contribution in [0.3, 0.4) is 0 Å². The quantitative estimate of drug-likeness (QED) is 0.153. The molecule has 80 heavy (non-hydrogen) atoms. The van der Waals surface area contributed by atoms with Gasteiger partial charge in [-0.05, 0) is 157 Å². The van der Waals surface area contributed by atoms with Crippen molar-refractivity contribution in [3.63, 3.8) is 0 Å². The molecule has 4 heterocycles. The average molecular weight is 1060 g/mol. The van der Waals surface area contributed by atoms with Gasteiger partial charge < -0.3 is 9.80 Å². The lowest BCUT2D eigenvalue weighted by atomic mass is 9.33. The summed E-state index contributed by atoms with van der Waals surface area (Å²) in [5.41, 5.74) is 20.6. The fourth-order valence-corrected chi connectivity index (χ4v) is 25.2. The van der Waals surface area contributed by atoms with Crippen molar-refractivity contribution in [2.24, 2.45) is 0 Å². The van der Waals surface area contributed by atoms with Crippen LogP contribution in [0.25, 0.3) is 22.3 Å². The summed E-state index contributed by atoms with van der Waals surface area (Å²) in [6.07, 6.45) is 0. The Morgan fingerprint density at radius 2 is 0.688 bits per heavy atom. The van der Waals surface area contributed by atoms with Gasteiger partial charge >= 0.3 is 0 Å². The van der Waals surface area contributed by atoms with Gasteiger partial charge in [0.05, 0.1) is 0 Å². The normalized spacial score (nSPS) is 14.8. The summed E-state index contributed by atoms with van der Waals surface area (Å²) in [7, 11) is -5.64. The van der Waals surface area contributed by atoms with E-state index in [2.05, 4.69) is 313 Å². The standard InChI is InChI=1S/C75H63BN2Si2/c1-50-36-43-67-72-73(50)78(54-40-42-62-60-33-21-23-35-69(60)80(71(62)49-54,57-28-16-10-17-29-57)58-30-18-11-19-31-58)66-45-38-52(75(5,6)7)47-64(66)76(72)63-46-51(74(2,3)4)37-44-65(63)77(67)53-39-41-61-59-32-20-22-34-68(59)79(70(61)48-53,55-24-12-8-13-25-55)56-26-14-9-15-27-56/h8-49H,1-7H3. The Bertz CT molecular complexity index is 4190. The monoisotopic (exact) mass is 1060 g/mol. The van der Waals surface area contributed by atoms with Crippen molar-refractivity contribution in [2.75, 3.05) is 9.80 Å². The molecule has 0 aliphatic carbocycles. The smallest absolute Gasteiger partial charge is 0.252 e. The Morgan fingerprint density at radius 1 is 0.325 bits per heavy atom. The van der Waals surface area contributed by atoms with Crippen LogP contribution in [0.4, 0.5) is 34.1 Å². The fourth-order valence-electron chi connectivity index (χ4n) is 14.8. The molecule has 384 valence electrons. The van der Waals surface area contributed by atoms with Crippen molar-refractivity contribution < 1.29 is 0 Å². The molecule has 0 amide bonds. The molecule has 0 spiro atoms. The summed E-state index contributed by atoms with van der Waals surface area (Å²) in [5, 5.41) is 11.4. The highest BCUT2D eigenvalue weighted by atomic mass is 28.3. The average Bonchev–Trinajstić information content (AvgIpc) is 4.16. The number of aryl methyl sites for hydroxylation is 1. The van der Waals surface area contributed by atoms with Crippen LogP contribution in [-0.4, -0.2) is 22.9 Å². The largest absolute Gasteiger partial charge is 0.311 e. The second kappa shape index (κ2) is 17.8. The van der Waals surface area contributed by atoms with Gasteiger partial charge in [-0.25, -0.2) is 0 Å². The number of nitrogens with zero attached hydrogens (tertiary/aromatic N) is 2. The molecule has 2 nitrogen and oxygen atoms in total. The minimum Gasteiger partial charge on any atom is -0.311 e. The van der Waals surface area contributed by atoms with Crippen molar-refractivity contribution in [1.82, 2.24) is 0 Å². The Morgan fingerprint density at radius 3 is 1.11 bits per heavy atom. The van der Waals surface area contributed by atoms with Crippen molar-refractivity contribution in [2.45, 2.75) is 59.3 Å². The van der Waals surface area contributed by atoms with Crippen LogP contribution < -0.4 is 67.7 Å². The number of benzene rings is 11. The molecule has 0 bridgehead atoms. The Kier molecular flexibility index (Phi) is 10.8. The van der Waals surface area contributed by atoms with Gasteiger partial charge in [0.25, 0.3) is 6.71 Å². The molecule has 4 aliphatic heterocycles. The number of rotatable bonds is 6. The summed E-state index contributed by atoms with van der Waals surface area (Å²) >= 11 is 0.